The molecule has 0 atom stereocenters. The highest BCUT2D eigenvalue weighted by atomic mass is 32.2. The number of nitrogen functional groups attached to an aromatic ring is 1. The maximum Gasteiger partial charge on any atom is 0.162 e. The number of nitrogens with zero attached hydrogens (tertiary/aromatic N) is 2. The summed E-state index contributed by atoms with van der Waals surface area (Å²) in [6.45, 7) is 7.40. The van der Waals surface area contributed by atoms with Crippen LogP contribution in [0.3, 0.4) is 0 Å². The number of ether oxygens (including phenoxy) is 1. The molecule has 2 heterocycles. The van der Waals surface area contributed by atoms with Crippen molar-refractivity contribution in [2.75, 3.05) is 12.3 Å². The molecule has 1 aliphatic carbocycles. The Morgan fingerprint density at radius 1 is 1.14 bits per heavy atom. The normalized spacial score (nSPS) is 23.0. The number of fused-ring (bicyclic) bond motifs is 1. The van der Waals surface area contributed by atoms with Crippen LogP contribution in [0.2, 0.25) is 0 Å². The fourth-order valence-corrected chi connectivity index (χ4v) is 4.37. The molecular weight excluding hydrogens is 282 g/mol. The molecule has 5 heteroatoms. The van der Waals surface area contributed by atoms with Crippen molar-refractivity contribution in [3.05, 3.63) is 17.1 Å². The van der Waals surface area contributed by atoms with E-state index >= 15 is 0 Å². The van der Waals surface area contributed by atoms with Crippen molar-refractivity contribution >= 4 is 17.6 Å². The summed E-state index contributed by atoms with van der Waals surface area (Å²) in [6, 6.07) is 0. The van der Waals surface area contributed by atoms with Crippen LogP contribution in [0.15, 0.2) is 0 Å². The fraction of sp³-hybridized carbons (Fsp3) is 0.750. The van der Waals surface area contributed by atoms with Gasteiger partial charge in [0.1, 0.15) is 11.4 Å². The van der Waals surface area contributed by atoms with E-state index in [1.807, 2.05) is 18.7 Å². The molecular formula is C16H25N3OS. The summed E-state index contributed by atoms with van der Waals surface area (Å²) in [5.41, 5.74) is 8.47. The Labute approximate surface area is 131 Å². The summed E-state index contributed by atoms with van der Waals surface area (Å²) in [4.78, 5) is 9.47. The van der Waals surface area contributed by atoms with Gasteiger partial charge in [-0.2, -0.15) is 11.8 Å². The number of thioether (sulfide) groups is 1. The molecule has 0 unspecified atom stereocenters. The van der Waals surface area contributed by atoms with Crippen LogP contribution in [0.5, 0.6) is 0 Å². The fourth-order valence-electron chi connectivity index (χ4n) is 3.32. The van der Waals surface area contributed by atoms with Gasteiger partial charge in [-0.15, -0.1) is 0 Å². The first kappa shape index (κ1) is 15.1. The van der Waals surface area contributed by atoms with E-state index in [4.69, 9.17) is 15.5 Å². The van der Waals surface area contributed by atoms with Gasteiger partial charge in [0, 0.05) is 23.7 Å². The minimum atomic E-state index is -0.333. The lowest BCUT2D eigenvalue weighted by Crippen LogP contribution is -2.39. The van der Waals surface area contributed by atoms with Crippen molar-refractivity contribution in [2.45, 2.75) is 63.6 Å². The van der Waals surface area contributed by atoms with E-state index in [9.17, 15) is 0 Å². The van der Waals surface area contributed by atoms with Crippen molar-refractivity contribution < 1.29 is 4.74 Å². The second-order valence-electron chi connectivity index (χ2n) is 6.94. The van der Waals surface area contributed by atoms with Crippen LogP contribution in [-0.2, 0) is 21.8 Å². The largest absolute Gasteiger partial charge is 0.383 e. The van der Waals surface area contributed by atoms with Crippen molar-refractivity contribution in [1.29, 1.82) is 0 Å². The Balaban J connectivity index is 1.97. The van der Waals surface area contributed by atoms with Gasteiger partial charge in [0.25, 0.3) is 0 Å². The molecule has 3 rings (SSSR count). The molecule has 1 aliphatic heterocycles. The molecule has 4 nitrogen and oxygen atoms in total. The van der Waals surface area contributed by atoms with Crippen molar-refractivity contribution in [2.24, 2.45) is 5.41 Å². The molecule has 0 aromatic carbocycles. The summed E-state index contributed by atoms with van der Waals surface area (Å²) >= 11 is 1.86. The maximum atomic E-state index is 6.18. The van der Waals surface area contributed by atoms with Gasteiger partial charge in [0.15, 0.2) is 5.82 Å². The zero-order chi connectivity index (χ0) is 15.1. The maximum absolute atomic E-state index is 6.18. The summed E-state index contributed by atoms with van der Waals surface area (Å²) in [7, 11) is 0. The van der Waals surface area contributed by atoms with Crippen LogP contribution in [0, 0.1) is 5.41 Å². The highest BCUT2D eigenvalue weighted by Gasteiger charge is 2.43. The highest BCUT2D eigenvalue weighted by Crippen LogP contribution is 2.47. The summed E-state index contributed by atoms with van der Waals surface area (Å²) in [6.07, 6.45) is 4.25. The molecule has 1 fully saturated rings. The SMILES string of the molecule is CCOC1(c2nc(N)c3c(n2)CSC3)CCC(C)(C)CC1. The third-order valence-electron chi connectivity index (χ3n) is 4.85. The van der Waals surface area contributed by atoms with Gasteiger partial charge < -0.3 is 10.5 Å². The predicted octanol–water partition coefficient (Wildman–Crippen LogP) is 3.64. The quantitative estimate of drug-likeness (QED) is 0.924. The van der Waals surface area contributed by atoms with Gasteiger partial charge in [-0.05, 0) is 38.0 Å². The molecule has 0 bridgehead atoms. The van der Waals surface area contributed by atoms with E-state index < -0.39 is 0 Å². The van der Waals surface area contributed by atoms with E-state index in [2.05, 4.69) is 18.8 Å². The first-order valence-electron chi connectivity index (χ1n) is 7.83. The van der Waals surface area contributed by atoms with E-state index in [1.54, 1.807) is 0 Å². The third-order valence-corrected chi connectivity index (χ3v) is 5.82. The first-order valence-corrected chi connectivity index (χ1v) is 8.99. The Kier molecular flexibility index (Phi) is 3.91. The Bertz CT molecular complexity index is 535. The van der Waals surface area contributed by atoms with Crippen LogP contribution in [0.25, 0.3) is 0 Å². The Morgan fingerprint density at radius 2 is 1.86 bits per heavy atom. The second-order valence-corrected chi connectivity index (χ2v) is 7.93. The topological polar surface area (TPSA) is 61.0 Å². The standard InChI is InChI=1S/C16H25N3OS/c1-4-20-16(7-5-15(2,3)6-8-16)14-18-12-10-21-9-11(12)13(17)19-14/h4-10H2,1-3H3,(H2,17,18,19). The van der Waals surface area contributed by atoms with Crippen LogP contribution in [-0.4, -0.2) is 16.6 Å². The van der Waals surface area contributed by atoms with Gasteiger partial charge in [0.2, 0.25) is 0 Å². The number of hydrogen-bond donors (Lipinski definition) is 1. The van der Waals surface area contributed by atoms with E-state index in [1.165, 1.54) is 0 Å². The predicted molar refractivity (Wildman–Crippen MR) is 87.0 cm³/mol. The zero-order valence-electron chi connectivity index (χ0n) is 13.2. The number of hydrogen-bond acceptors (Lipinski definition) is 5. The average molecular weight is 307 g/mol. The van der Waals surface area contributed by atoms with E-state index in [0.717, 1.165) is 54.3 Å². The van der Waals surface area contributed by atoms with Crippen LogP contribution >= 0.6 is 11.8 Å². The third kappa shape index (κ3) is 2.78. The molecule has 0 amide bonds. The summed E-state index contributed by atoms with van der Waals surface area (Å²) < 4.78 is 6.18. The van der Waals surface area contributed by atoms with Crippen LogP contribution < -0.4 is 5.73 Å². The summed E-state index contributed by atoms with van der Waals surface area (Å²) in [5.74, 6) is 3.36. The molecule has 21 heavy (non-hydrogen) atoms. The lowest BCUT2D eigenvalue weighted by atomic mass is 9.70. The van der Waals surface area contributed by atoms with E-state index in [0.29, 0.717) is 17.8 Å². The Morgan fingerprint density at radius 3 is 2.52 bits per heavy atom. The molecule has 1 aromatic rings. The van der Waals surface area contributed by atoms with Crippen molar-refractivity contribution in [3.8, 4) is 0 Å². The van der Waals surface area contributed by atoms with Gasteiger partial charge in [0.05, 0.1) is 5.69 Å². The molecule has 1 saturated carbocycles. The highest BCUT2D eigenvalue weighted by molar-refractivity contribution is 7.98. The lowest BCUT2D eigenvalue weighted by Gasteiger charge is -2.42. The number of rotatable bonds is 3. The molecule has 0 saturated heterocycles. The zero-order valence-corrected chi connectivity index (χ0v) is 14.1. The molecule has 0 spiro atoms. The molecule has 2 aliphatic rings. The lowest BCUT2D eigenvalue weighted by molar-refractivity contribution is -0.0948. The molecule has 0 radical (unpaired) electrons. The van der Waals surface area contributed by atoms with Gasteiger partial charge >= 0.3 is 0 Å². The number of anilines is 1. The van der Waals surface area contributed by atoms with Crippen LogP contribution in [0.1, 0.15) is 63.5 Å². The first-order chi connectivity index (χ1) is 9.96. The van der Waals surface area contributed by atoms with Gasteiger partial charge in [-0.25, -0.2) is 9.97 Å². The molecule has 116 valence electrons. The summed E-state index contributed by atoms with van der Waals surface area (Å²) in [5, 5.41) is 0. The van der Waals surface area contributed by atoms with Crippen LogP contribution in [0.4, 0.5) is 5.82 Å². The number of nitrogens with two attached hydrogens (primary N) is 1. The van der Waals surface area contributed by atoms with Gasteiger partial charge in [-0.1, -0.05) is 13.8 Å². The van der Waals surface area contributed by atoms with Crippen molar-refractivity contribution in [3.63, 3.8) is 0 Å². The molecule has 1 aromatic heterocycles. The van der Waals surface area contributed by atoms with E-state index in [-0.39, 0.29) is 5.60 Å². The average Bonchev–Trinajstić information content (AvgIpc) is 2.91. The van der Waals surface area contributed by atoms with Crippen molar-refractivity contribution in [1.82, 2.24) is 9.97 Å². The monoisotopic (exact) mass is 307 g/mol. The smallest absolute Gasteiger partial charge is 0.162 e. The Hall–Kier alpha value is -0.810. The van der Waals surface area contributed by atoms with Gasteiger partial charge in [-0.3, -0.25) is 0 Å². The minimum Gasteiger partial charge on any atom is -0.383 e. The number of aromatic nitrogens is 2. The second kappa shape index (κ2) is 5.43. The minimum absolute atomic E-state index is 0.333. The molecule has 2 N–H and O–H groups in total.